The molecule has 0 spiro atoms. The van der Waals surface area contributed by atoms with Crippen LogP contribution in [0.25, 0.3) is 10.7 Å². The van der Waals surface area contributed by atoms with E-state index in [0.29, 0.717) is 10.6 Å². The van der Waals surface area contributed by atoms with Crippen LogP contribution in [0, 0.1) is 4.77 Å². The summed E-state index contributed by atoms with van der Waals surface area (Å²) in [5.74, 6) is 0.561. The summed E-state index contributed by atoms with van der Waals surface area (Å²) < 4.78 is 2.16. The molecule has 0 aliphatic carbocycles. The van der Waals surface area contributed by atoms with Gasteiger partial charge in [0, 0.05) is 5.69 Å². The molecule has 0 atom stereocenters. The molecular weight excluding hydrogens is 364 g/mol. The zero-order chi connectivity index (χ0) is 18.4. The van der Waals surface area contributed by atoms with Crippen LogP contribution in [0.3, 0.4) is 0 Å². The molecule has 5 nitrogen and oxygen atoms in total. The molecule has 3 rings (SSSR count). The molecule has 0 aliphatic rings. The first-order valence-corrected chi connectivity index (χ1v) is 10.0. The van der Waals surface area contributed by atoms with E-state index in [0.717, 1.165) is 17.0 Å². The molecule has 1 aromatic carbocycles. The fraction of sp³-hybridized carbons (Fsp3) is 0.316. The number of hydrogen-bond acceptors (Lipinski definition) is 4. The molecule has 2 heterocycles. The summed E-state index contributed by atoms with van der Waals surface area (Å²) in [7, 11) is 0. The number of hydrogen-bond donors (Lipinski definition) is 2. The second kappa shape index (κ2) is 8.91. The Morgan fingerprint density at radius 3 is 2.77 bits per heavy atom. The van der Waals surface area contributed by atoms with E-state index >= 15 is 0 Å². The van der Waals surface area contributed by atoms with E-state index < -0.39 is 0 Å². The lowest BCUT2D eigenvalue weighted by molar-refractivity contribution is -0.116. The fourth-order valence-corrected chi connectivity index (χ4v) is 3.66. The van der Waals surface area contributed by atoms with Crippen molar-refractivity contribution in [3.63, 3.8) is 0 Å². The molecule has 0 fully saturated rings. The molecule has 1 amide bonds. The van der Waals surface area contributed by atoms with Gasteiger partial charge in [-0.15, -0.1) is 11.3 Å². The first kappa shape index (κ1) is 18.5. The average molecular weight is 387 g/mol. The normalized spacial score (nSPS) is 10.8. The van der Waals surface area contributed by atoms with Crippen LogP contribution >= 0.6 is 23.6 Å². The molecule has 0 saturated heterocycles. The highest BCUT2D eigenvalue weighted by molar-refractivity contribution is 7.71. The number of anilines is 1. The van der Waals surface area contributed by atoms with Gasteiger partial charge in [0.25, 0.3) is 0 Å². The Hall–Kier alpha value is -2.25. The number of carbonyl (C=O) groups is 1. The number of rotatable bonds is 8. The standard InChI is InChI=1S/C19H22N4OS2/c1-2-3-4-6-14-8-10-15(11-9-14)20-17(24)13-23-18(21-22-19(23)25)16-7-5-12-26-16/h5,7-12H,2-4,6,13H2,1H3,(H,20,24)(H,22,25). The molecule has 2 N–H and O–H groups in total. The van der Waals surface area contributed by atoms with Gasteiger partial charge in [-0.1, -0.05) is 38.0 Å². The van der Waals surface area contributed by atoms with Gasteiger partial charge in [-0.3, -0.25) is 14.5 Å². The summed E-state index contributed by atoms with van der Waals surface area (Å²) in [6.45, 7) is 2.33. The van der Waals surface area contributed by atoms with E-state index in [9.17, 15) is 4.79 Å². The number of H-pyrrole nitrogens is 1. The largest absolute Gasteiger partial charge is 0.325 e. The van der Waals surface area contributed by atoms with E-state index in [-0.39, 0.29) is 12.5 Å². The number of aromatic amines is 1. The van der Waals surface area contributed by atoms with Crippen LogP contribution in [0.2, 0.25) is 0 Å². The van der Waals surface area contributed by atoms with E-state index in [1.165, 1.54) is 24.8 Å². The lowest BCUT2D eigenvalue weighted by Crippen LogP contribution is -2.19. The second-order valence-corrected chi connectivity index (χ2v) is 7.45. The van der Waals surface area contributed by atoms with E-state index in [4.69, 9.17) is 12.2 Å². The van der Waals surface area contributed by atoms with Crippen LogP contribution in [0.4, 0.5) is 5.69 Å². The smallest absolute Gasteiger partial charge is 0.244 e. The number of aromatic nitrogens is 3. The Morgan fingerprint density at radius 2 is 2.08 bits per heavy atom. The van der Waals surface area contributed by atoms with Crippen LogP contribution in [-0.2, 0) is 17.8 Å². The highest BCUT2D eigenvalue weighted by Gasteiger charge is 2.13. The maximum atomic E-state index is 12.4. The summed E-state index contributed by atoms with van der Waals surface area (Å²) in [5, 5.41) is 11.9. The fourth-order valence-electron chi connectivity index (χ4n) is 2.74. The molecule has 26 heavy (non-hydrogen) atoms. The summed E-state index contributed by atoms with van der Waals surface area (Å²) in [4.78, 5) is 13.4. The number of unbranched alkanes of at least 4 members (excludes halogenated alkanes) is 2. The number of nitrogens with zero attached hydrogens (tertiary/aromatic N) is 2. The lowest BCUT2D eigenvalue weighted by Gasteiger charge is -2.08. The number of nitrogens with one attached hydrogen (secondary N) is 2. The minimum Gasteiger partial charge on any atom is -0.325 e. The van der Waals surface area contributed by atoms with Gasteiger partial charge in [-0.2, -0.15) is 5.10 Å². The van der Waals surface area contributed by atoms with Gasteiger partial charge in [0.1, 0.15) is 6.54 Å². The molecule has 0 aliphatic heterocycles. The molecule has 2 aromatic heterocycles. The van der Waals surface area contributed by atoms with Gasteiger partial charge in [0.15, 0.2) is 10.6 Å². The minimum atomic E-state index is -0.126. The van der Waals surface area contributed by atoms with E-state index in [1.807, 2.05) is 29.6 Å². The highest BCUT2D eigenvalue weighted by atomic mass is 32.1. The summed E-state index contributed by atoms with van der Waals surface area (Å²) >= 11 is 6.83. The molecule has 0 saturated carbocycles. The minimum absolute atomic E-state index is 0.126. The number of benzene rings is 1. The van der Waals surface area contributed by atoms with E-state index in [1.54, 1.807) is 15.9 Å². The van der Waals surface area contributed by atoms with E-state index in [2.05, 4.69) is 34.6 Å². The van der Waals surface area contributed by atoms with Crippen molar-refractivity contribution in [3.8, 4) is 10.7 Å². The predicted molar refractivity (Wildman–Crippen MR) is 109 cm³/mol. The van der Waals surface area contributed by atoms with Crippen molar-refractivity contribution in [1.82, 2.24) is 14.8 Å². The first-order valence-electron chi connectivity index (χ1n) is 8.75. The van der Waals surface area contributed by atoms with Crippen molar-refractivity contribution in [2.45, 2.75) is 39.2 Å². The second-order valence-electron chi connectivity index (χ2n) is 6.12. The van der Waals surface area contributed by atoms with Gasteiger partial charge < -0.3 is 5.32 Å². The third-order valence-corrected chi connectivity index (χ3v) is 5.29. The molecule has 0 bridgehead atoms. The van der Waals surface area contributed by atoms with Crippen LogP contribution < -0.4 is 5.32 Å². The average Bonchev–Trinajstić information content (AvgIpc) is 3.27. The van der Waals surface area contributed by atoms with Gasteiger partial charge in [-0.25, -0.2) is 0 Å². The van der Waals surface area contributed by atoms with Crippen molar-refractivity contribution in [3.05, 3.63) is 52.1 Å². The molecule has 3 aromatic rings. The zero-order valence-electron chi connectivity index (χ0n) is 14.7. The Morgan fingerprint density at radius 1 is 1.27 bits per heavy atom. The number of amides is 1. The van der Waals surface area contributed by atoms with Gasteiger partial charge in [0.05, 0.1) is 4.88 Å². The van der Waals surface area contributed by atoms with Gasteiger partial charge in [-0.05, 0) is 54.2 Å². The zero-order valence-corrected chi connectivity index (χ0v) is 16.3. The van der Waals surface area contributed by atoms with Gasteiger partial charge >= 0.3 is 0 Å². The third-order valence-electron chi connectivity index (χ3n) is 4.11. The molecular formula is C19H22N4OS2. The van der Waals surface area contributed by atoms with Crippen LogP contribution in [0.15, 0.2) is 41.8 Å². The highest BCUT2D eigenvalue weighted by Crippen LogP contribution is 2.22. The van der Waals surface area contributed by atoms with Crippen molar-refractivity contribution in [1.29, 1.82) is 0 Å². The Kier molecular flexibility index (Phi) is 6.35. The van der Waals surface area contributed by atoms with Crippen molar-refractivity contribution in [2.75, 3.05) is 5.32 Å². The SMILES string of the molecule is CCCCCc1ccc(NC(=O)Cn2c(-c3cccs3)n[nH]c2=S)cc1. The topological polar surface area (TPSA) is 62.7 Å². The lowest BCUT2D eigenvalue weighted by atomic mass is 10.1. The van der Waals surface area contributed by atoms with Crippen molar-refractivity contribution >= 4 is 35.1 Å². The number of thiophene rings is 1. The molecule has 7 heteroatoms. The molecule has 0 unspecified atom stereocenters. The Balaban J connectivity index is 1.63. The van der Waals surface area contributed by atoms with Crippen LogP contribution in [-0.4, -0.2) is 20.7 Å². The quantitative estimate of drug-likeness (QED) is 0.421. The Labute approximate surface area is 162 Å². The molecule has 0 radical (unpaired) electrons. The van der Waals surface area contributed by atoms with Crippen molar-refractivity contribution < 1.29 is 4.79 Å². The number of aryl methyl sites for hydroxylation is 1. The van der Waals surface area contributed by atoms with Crippen LogP contribution in [0.5, 0.6) is 0 Å². The summed E-state index contributed by atoms with van der Waals surface area (Å²) in [6, 6.07) is 12.0. The first-order chi connectivity index (χ1) is 12.7. The summed E-state index contributed by atoms with van der Waals surface area (Å²) in [5.41, 5.74) is 2.09. The van der Waals surface area contributed by atoms with Gasteiger partial charge in [0.2, 0.25) is 5.91 Å². The van der Waals surface area contributed by atoms with Crippen LogP contribution in [0.1, 0.15) is 31.7 Å². The maximum Gasteiger partial charge on any atom is 0.244 e. The molecule has 136 valence electrons. The maximum absolute atomic E-state index is 12.4. The monoisotopic (exact) mass is 386 g/mol. The summed E-state index contributed by atoms with van der Waals surface area (Å²) in [6.07, 6.45) is 4.75. The Bertz CT molecular complexity index is 895. The predicted octanol–water partition coefficient (Wildman–Crippen LogP) is 5.04. The third kappa shape index (κ3) is 4.68. The number of carbonyl (C=O) groups excluding carboxylic acids is 1. The van der Waals surface area contributed by atoms with Crippen molar-refractivity contribution in [2.24, 2.45) is 0 Å².